The molecule has 1 saturated heterocycles. The lowest BCUT2D eigenvalue weighted by Crippen LogP contribution is -2.30. The van der Waals surface area contributed by atoms with Gasteiger partial charge in [-0.25, -0.2) is 0 Å². The predicted molar refractivity (Wildman–Crippen MR) is 54.9 cm³/mol. The fraction of sp³-hybridized carbons (Fsp3) is 0.364. The molecule has 2 N–H and O–H groups in total. The maximum absolute atomic E-state index is 10.7. The Bertz CT molecular complexity index is 339. The Morgan fingerprint density at radius 1 is 1.40 bits per heavy atom. The molecule has 80 valence electrons. The number of carbonyl (C=O) groups is 1. The summed E-state index contributed by atoms with van der Waals surface area (Å²) < 4.78 is 5.63. The molecule has 1 fully saturated rings. The lowest BCUT2D eigenvalue weighted by molar-refractivity contribution is -0.139. The normalized spacial score (nSPS) is 25.1. The number of para-hydroxylation sites is 1. The Hall–Kier alpha value is -1.55. The molecule has 0 bridgehead atoms. The van der Waals surface area contributed by atoms with Crippen LogP contribution in [0.2, 0.25) is 0 Å². The fourth-order valence-electron chi connectivity index (χ4n) is 1.67. The van der Waals surface area contributed by atoms with Gasteiger partial charge in [-0.15, -0.1) is 0 Å². The van der Waals surface area contributed by atoms with Gasteiger partial charge in [0.2, 0.25) is 0 Å². The summed E-state index contributed by atoms with van der Waals surface area (Å²) in [7, 11) is 0. The number of benzene rings is 1. The summed E-state index contributed by atoms with van der Waals surface area (Å²) in [5.41, 5.74) is 0. The van der Waals surface area contributed by atoms with Gasteiger partial charge in [0.05, 0.1) is 0 Å². The first-order valence-corrected chi connectivity index (χ1v) is 4.93. The molecule has 0 saturated carbocycles. The van der Waals surface area contributed by atoms with E-state index < -0.39 is 12.0 Å². The molecular weight excluding hydrogens is 194 g/mol. The minimum atomic E-state index is -0.811. The molecule has 1 aromatic rings. The topological polar surface area (TPSA) is 58.6 Å². The van der Waals surface area contributed by atoms with Crippen molar-refractivity contribution in [3.8, 4) is 5.75 Å². The maximum atomic E-state index is 10.7. The van der Waals surface area contributed by atoms with Gasteiger partial charge in [0.1, 0.15) is 17.9 Å². The van der Waals surface area contributed by atoms with Gasteiger partial charge >= 0.3 is 5.97 Å². The molecule has 0 spiro atoms. The molecule has 1 aliphatic rings. The first-order valence-electron chi connectivity index (χ1n) is 4.93. The van der Waals surface area contributed by atoms with Crippen molar-refractivity contribution in [3.05, 3.63) is 30.3 Å². The third-order valence-electron chi connectivity index (χ3n) is 2.43. The fourth-order valence-corrected chi connectivity index (χ4v) is 1.67. The number of ether oxygens (including phenoxy) is 1. The van der Waals surface area contributed by atoms with Crippen LogP contribution < -0.4 is 10.1 Å². The third kappa shape index (κ3) is 2.47. The molecule has 1 aromatic carbocycles. The maximum Gasteiger partial charge on any atom is 0.320 e. The summed E-state index contributed by atoms with van der Waals surface area (Å²) in [6.07, 6.45) is 0.470. The molecule has 4 nitrogen and oxygen atoms in total. The van der Waals surface area contributed by atoms with E-state index in [0.717, 1.165) is 5.75 Å². The zero-order chi connectivity index (χ0) is 10.7. The van der Waals surface area contributed by atoms with Crippen LogP contribution in [0.3, 0.4) is 0 Å². The Kier molecular flexibility index (Phi) is 2.87. The number of carboxylic acid groups (broad SMARTS) is 1. The van der Waals surface area contributed by atoms with Gasteiger partial charge in [-0.3, -0.25) is 4.79 Å². The lowest BCUT2D eigenvalue weighted by Gasteiger charge is -2.11. The average molecular weight is 207 g/mol. The van der Waals surface area contributed by atoms with Crippen molar-refractivity contribution in [2.45, 2.75) is 18.6 Å². The number of carboxylic acids is 1. The molecule has 4 heteroatoms. The smallest absolute Gasteiger partial charge is 0.320 e. The van der Waals surface area contributed by atoms with Crippen LogP contribution >= 0.6 is 0 Å². The molecule has 0 aromatic heterocycles. The molecular formula is C11H13NO3. The average Bonchev–Trinajstić information content (AvgIpc) is 2.68. The van der Waals surface area contributed by atoms with E-state index in [4.69, 9.17) is 9.84 Å². The van der Waals surface area contributed by atoms with Gasteiger partial charge in [-0.05, 0) is 12.1 Å². The van der Waals surface area contributed by atoms with Crippen molar-refractivity contribution >= 4 is 5.97 Å². The molecule has 2 rings (SSSR count). The summed E-state index contributed by atoms with van der Waals surface area (Å²) in [5, 5.41) is 11.7. The summed E-state index contributed by atoms with van der Waals surface area (Å²) in [6, 6.07) is 8.97. The van der Waals surface area contributed by atoms with Crippen LogP contribution in [0.15, 0.2) is 30.3 Å². The predicted octanol–water partition coefficient (Wildman–Crippen LogP) is 0.881. The zero-order valence-electron chi connectivity index (χ0n) is 8.22. The van der Waals surface area contributed by atoms with E-state index in [2.05, 4.69) is 5.32 Å². The highest BCUT2D eigenvalue weighted by Crippen LogP contribution is 2.16. The van der Waals surface area contributed by atoms with E-state index in [0.29, 0.717) is 13.0 Å². The van der Waals surface area contributed by atoms with Crippen LogP contribution in [0.1, 0.15) is 6.42 Å². The van der Waals surface area contributed by atoms with Crippen LogP contribution in [0.5, 0.6) is 5.75 Å². The number of nitrogens with one attached hydrogen (secondary N) is 1. The van der Waals surface area contributed by atoms with Crippen LogP contribution in [0, 0.1) is 0 Å². The third-order valence-corrected chi connectivity index (χ3v) is 2.43. The van der Waals surface area contributed by atoms with E-state index in [-0.39, 0.29) is 6.10 Å². The SMILES string of the molecule is O=C(O)C1C[C@H](Oc2ccccc2)CN1. The van der Waals surface area contributed by atoms with E-state index in [1.165, 1.54) is 0 Å². The second-order valence-electron chi connectivity index (χ2n) is 3.59. The van der Waals surface area contributed by atoms with Crippen molar-refractivity contribution in [1.82, 2.24) is 5.32 Å². The number of rotatable bonds is 3. The molecule has 15 heavy (non-hydrogen) atoms. The second-order valence-corrected chi connectivity index (χ2v) is 3.59. The van der Waals surface area contributed by atoms with E-state index in [1.54, 1.807) is 0 Å². The minimum absolute atomic E-state index is 0.0477. The molecule has 2 atom stereocenters. The Morgan fingerprint density at radius 2 is 2.13 bits per heavy atom. The Morgan fingerprint density at radius 3 is 2.73 bits per heavy atom. The number of hydrogen-bond donors (Lipinski definition) is 2. The Balaban J connectivity index is 1.90. The summed E-state index contributed by atoms with van der Waals surface area (Å²) in [4.78, 5) is 10.7. The van der Waals surface area contributed by atoms with Crippen molar-refractivity contribution in [1.29, 1.82) is 0 Å². The Labute approximate surface area is 87.9 Å². The summed E-state index contributed by atoms with van der Waals surface area (Å²) in [5.74, 6) is -0.0236. The van der Waals surface area contributed by atoms with E-state index >= 15 is 0 Å². The first-order chi connectivity index (χ1) is 7.25. The highest BCUT2D eigenvalue weighted by atomic mass is 16.5. The van der Waals surface area contributed by atoms with Crippen LogP contribution in [0.25, 0.3) is 0 Å². The largest absolute Gasteiger partial charge is 0.489 e. The van der Waals surface area contributed by atoms with Gasteiger partial charge in [0, 0.05) is 13.0 Å². The number of hydrogen-bond acceptors (Lipinski definition) is 3. The molecule has 0 aliphatic carbocycles. The first kappa shape index (κ1) is 9.98. The van der Waals surface area contributed by atoms with Crippen LogP contribution in [0.4, 0.5) is 0 Å². The standard InChI is InChI=1S/C11H13NO3/c13-11(14)10-6-9(7-12-10)15-8-4-2-1-3-5-8/h1-5,9-10,12H,6-7H2,(H,13,14)/t9-,10?/m0/s1. The summed E-state index contributed by atoms with van der Waals surface area (Å²) >= 11 is 0. The van der Waals surface area contributed by atoms with Gasteiger partial charge in [-0.2, -0.15) is 0 Å². The minimum Gasteiger partial charge on any atom is -0.489 e. The molecule has 1 heterocycles. The molecule has 1 aliphatic heterocycles. The van der Waals surface area contributed by atoms with E-state index in [9.17, 15) is 4.79 Å². The van der Waals surface area contributed by atoms with E-state index in [1.807, 2.05) is 30.3 Å². The van der Waals surface area contributed by atoms with Crippen LogP contribution in [-0.4, -0.2) is 29.8 Å². The number of aliphatic carboxylic acids is 1. The molecule has 1 unspecified atom stereocenters. The van der Waals surface area contributed by atoms with Crippen molar-refractivity contribution in [3.63, 3.8) is 0 Å². The molecule has 0 radical (unpaired) electrons. The van der Waals surface area contributed by atoms with Gasteiger partial charge < -0.3 is 15.2 Å². The zero-order valence-corrected chi connectivity index (χ0v) is 8.22. The quantitative estimate of drug-likeness (QED) is 0.772. The van der Waals surface area contributed by atoms with Crippen molar-refractivity contribution < 1.29 is 14.6 Å². The highest BCUT2D eigenvalue weighted by molar-refractivity contribution is 5.73. The highest BCUT2D eigenvalue weighted by Gasteiger charge is 2.30. The van der Waals surface area contributed by atoms with Crippen molar-refractivity contribution in [2.75, 3.05) is 6.54 Å². The van der Waals surface area contributed by atoms with Gasteiger partial charge in [0.15, 0.2) is 0 Å². The van der Waals surface area contributed by atoms with Crippen molar-refractivity contribution in [2.24, 2.45) is 0 Å². The second kappa shape index (κ2) is 4.31. The monoisotopic (exact) mass is 207 g/mol. The van der Waals surface area contributed by atoms with Crippen LogP contribution in [-0.2, 0) is 4.79 Å². The molecule has 0 amide bonds. The lowest BCUT2D eigenvalue weighted by atomic mass is 10.2. The van der Waals surface area contributed by atoms with Gasteiger partial charge in [-0.1, -0.05) is 18.2 Å². The summed E-state index contributed by atoms with van der Waals surface area (Å²) in [6.45, 7) is 0.589. The van der Waals surface area contributed by atoms with Gasteiger partial charge in [0.25, 0.3) is 0 Å².